The lowest BCUT2D eigenvalue weighted by molar-refractivity contribution is -0.384. The summed E-state index contributed by atoms with van der Waals surface area (Å²) in [4.78, 5) is 23.8. The lowest BCUT2D eigenvalue weighted by atomic mass is 9.68. The first-order chi connectivity index (χ1) is 11.6. The van der Waals surface area contributed by atoms with Crippen LogP contribution in [0.4, 0.5) is 5.69 Å². The van der Waals surface area contributed by atoms with Crippen molar-refractivity contribution < 1.29 is 9.72 Å². The van der Waals surface area contributed by atoms with Gasteiger partial charge in [-0.3, -0.25) is 14.9 Å². The van der Waals surface area contributed by atoms with E-state index in [0.717, 1.165) is 17.5 Å². The molecule has 2 unspecified atom stereocenters. The minimum Gasteiger partial charge on any atom is -0.291 e. The van der Waals surface area contributed by atoms with Crippen molar-refractivity contribution in [3.63, 3.8) is 0 Å². The van der Waals surface area contributed by atoms with E-state index in [1.807, 2.05) is 30.3 Å². The maximum atomic E-state index is 13.2. The molecule has 2 aromatic rings. The Balaban J connectivity index is 1.78. The van der Waals surface area contributed by atoms with E-state index in [9.17, 15) is 14.9 Å². The number of aryl methyl sites for hydroxylation is 1. The van der Waals surface area contributed by atoms with Crippen LogP contribution in [0.25, 0.3) is 0 Å². The molecule has 0 N–H and O–H groups in total. The Morgan fingerprint density at radius 1 is 1.17 bits per heavy atom. The van der Waals surface area contributed by atoms with E-state index < -0.39 is 10.5 Å². The van der Waals surface area contributed by atoms with Crippen LogP contribution in [-0.4, -0.2) is 22.8 Å². The van der Waals surface area contributed by atoms with Crippen LogP contribution in [0.15, 0.2) is 58.8 Å². The summed E-state index contributed by atoms with van der Waals surface area (Å²) in [5.41, 5.74) is 1.58. The molecule has 120 valence electrons. The predicted octanol–water partition coefficient (Wildman–Crippen LogP) is 3.71. The predicted molar refractivity (Wildman–Crippen MR) is 87.4 cm³/mol. The molecule has 0 saturated heterocycles. The van der Waals surface area contributed by atoms with Gasteiger partial charge in [0.25, 0.3) is 5.69 Å². The van der Waals surface area contributed by atoms with Gasteiger partial charge < -0.3 is 0 Å². The third kappa shape index (κ3) is 2.06. The number of non-ortho nitro benzene ring substituents is 1. The van der Waals surface area contributed by atoms with Gasteiger partial charge in [-0.25, -0.2) is 0 Å². The number of ketones is 1. The van der Waals surface area contributed by atoms with Crippen molar-refractivity contribution in [3.05, 3.63) is 75.3 Å². The fraction of sp³-hybridized carbons (Fsp3) is 0.278. The number of fused-ring (bicyclic) bond motifs is 1. The van der Waals surface area contributed by atoms with Crippen molar-refractivity contribution in [3.8, 4) is 0 Å². The van der Waals surface area contributed by atoms with Crippen LogP contribution in [0, 0.1) is 10.1 Å². The minimum atomic E-state index is -0.927. The molecule has 6 heteroatoms. The number of nitro benzene ring substituents is 1. The van der Waals surface area contributed by atoms with E-state index in [1.54, 1.807) is 6.07 Å². The summed E-state index contributed by atoms with van der Waals surface area (Å²) >= 11 is 0. The SMILES string of the molecule is O=C1c2ccccc2CCC12N=NCC2c1cccc([N+](=O)[O-])c1. The number of carbonyl (C=O) groups excluding carboxylic acids is 1. The third-order valence-electron chi connectivity index (χ3n) is 5.00. The number of nitrogens with zero attached hydrogens (tertiary/aromatic N) is 3. The lowest BCUT2D eigenvalue weighted by Gasteiger charge is -2.34. The van der Waals surface area contributed by atoms with Gasteiger partial charge in [0.05, 0.1) is 11.5 Å². The number of Topliss-reactive ketones (excluding diaryl/α,β-unsaturated/α-hetero) is 1. The zero-order valence-electron chi connectivity index (χ0n) is 12.9. The molecule has 2 aromatic carbocycles. The van der Waals surface area contributed by atoms with Crippen molar-refractivity contribution in [2.75, 3.05) is 6.54 Å². The zero-order valence-corrected chi connectivity index (χ0v) is 12.9. The second kappa shape index (κ2) is 5.33. The molecule has 0 saturated carbocycles. The molecular formula is C18H15N3O3. The van der Waals surface area contributed by atoms with Gasteiger partial charge in [0, 0.05) is 23.6 Å². The molecule has 1 heterocycles. The number of rotatable bonds is 2. The molecule has 24 heavy (non-hydrogen) atoms. The van der Waals surface area contributed by atoms with Gasteiger partial charge in [-0.05, 0) is 24.0 Å². The van der Waals surface area contributed by atoms with Gasteiger partial charge in [0.15, 0.2) is 11.3 Å². The molecular weight excluding hydrogens is 306 g/mol. The molecule has 1 aliphatic heterocycles. The highest BCUT2D eigenvalue weighted by atomic mass is 16.6. The lowest BCUT2D eigenvalue weighted by Crippen LogP contribution is -2.44. The molecule has 1 spiro atoms. The van der Waals surface area contributed by atoms with Crippen molar-refractivity contribution in [1.29, 1.82) is 0 Å². The van der Waals surface area contributed by atoms with Crippen molar-refractivity contribution in [1.82, 2.24) is 0 Å². The van der Waals surface area contributed by atoms with Crippen LogP contribution in [0.5, 0.6) is 0 Å². The first kappa shape index (κ1) is 14.7. The average Bonchev–Trinajstić information content (AvgIpc) is 3.03. The minimum absolute atomic E-state index is 0.0258. The summed E-state index contributed by atoms with van der Waals surface area (Å²) in [5.74, 6) is -0.277. The van der Waals surface area contributed by atoms with Crippen molar-refractivity contribution in [2.24, 2.45) is 10.2 Å². The molecule has 0 aromatic heterocycles. The van der Waals surface area contributed by atoms with Crippen LogP contribution in [0.3, 0.4) is 0 Å². The van der Waals surface area contributed by atoms with E-state index in [4.69, 9.17) is 0 Å². The van der Waals surface area contributed by atoms with Crippen LogP contribution in [-0.2, 0) is 6.42 Å². The molecule has 2 atom stereocenters. The van der Waals surface area contributed by atoms with Crippen LogP contribution in [0.1, 0.15) is 33.8 Å². The van der Waals surface area contributed by atoms with Gasteiger partial charge in [-0.15, -0.1) is 0 Å². The average molecular weight is 321 g/mol. The van der Waals surface area contributed by atoms with Crippen molar-refractivity contribution in [2.45, 2.75) is 24.3 Å². The fourth-order valence-electron chi connectivity index (χ4n) is 3.77. The van der Waals surface area contributed by atoms with Gasteiger partial charge in [0.2, 0.25) is 0 Å². The molecule has 0 bridgehead atoms. The molecule has 1 aliphatic carbocycles. The van der Waals surface area contributed by atoms with E-state index in [0.29, 0.717) is 18.5 Å². The summed E-state index contributed by atoms with van der Waals surface area (Å²) in [6, 6.07) is 14.0. The van der Waals surface area contributed by atoms with Crippen molar-refractivity contribution >= 4 is 11.5 Å². The van der Waals surface area contributed by atoms with Crippen LogP contribution >= 0.6 is 0 Å². The smallest absolute Gasteiger partial charge is 0.269 e. The summed E-state index contributed by atoms with van der Waals surface area (Å²) in [5, 5.41) is 19.6. The monoisotopic (exact) mass is 321 g/mol. The van der Waals surface area contributed by atoms with Gasteiger partial charge >= 0.3 is 0 Å². The number of hydrogen-bond donors (Lipinski definition) is 0. The number of nitro groups is 1. The Morgan fingerprint density at radius 2 is 2.00 bits per heavy atom. The highest BCUT2D eigenvalue weighted by Crippen LogP contribution is 2.46. The normalized spacial score (nSPS) is 25.0. The molecule has 0 radical (unpaired) electrons. The highest BCUT2D eigenvalue weighted by molar-refractivity contribution is 6.06. The zero-order chi connectivity index (χ0) is 16.7. The number of hydrogen-bond acceptors (Lipinski definition) is 5. The summed E-state index contributed by atoms with van der Waals surface area (Å²) in [7, 11) is 0. The Hall–Kier alpha value is -2.89. The topological polar surface area (TPSA) is 84.9 Å². The largest absolute Gasteiger partial charge is 0.291 e. The molecule has 4 rings (SSSR count). The third-order valence-corrected chi connectivity index (χ3v) is 5.00. The molecule has 0 fully saturated rings. The van der Waals surface area contributed by atoms with Crippen LogP contribution < -0.4 is 0 Å². The van der Waals surface area contributed by atoms with Gasteiger partial charge in [0.1, 0.15) is 0 Å². The summed E-state index contributed by atoms with van der Waals surface area (Å²) in [6.07, 6.45) is 1.34. The first-order valence-corrected chi connectivity index (χ1v) is 7.87. The van der Waals surface area contributed by atoms with E-state index in [-0.39, 0.29) is 17.4 Å². The summed E-state index contributed by atoms with van der Waals surface area (Å²) in [6.45, 7) is 0.384. The Labute approximate surface area is 138 Å². The number of benzene rings is 2. The maximum Gasteiger partial charge on any atom is 0.269 e. The standard InChI is InChI=1S/C18H15N3O3/c22-17-15-7-2-1-4-12(15)8-9-18(17)16(11-19-20-18)13-5-3-6-14(10-13)21(23)24/h1-7,10,16H,8-9,11H2. The van der Waals surface area contributed by atoms with E-state index >= 15 is 0 Å². The molecule has 0 amide bonds. The van der Waals surface area contributed by atoms with Gasteiger partial charge in [-0.1, -0.05) is 36.4 Å². The number of azo groups is 1. The Morgan fingerprint density at radius 3 is 2.83 bits per heavy atom. The Kier molecular flexibility index (Phi) is 3.26. The second-order valence-corrected chi connectivity index (χ2v) is 6.24. The van der Waals surface area contributed by atoms with Crippen LogP contribution in [0.2, 0.25) is 0 Å². The van der Waals surface area contributed by atoms with E-state index in [1.165, 1.54) is 12.1 Å². The second-order valence-electron chi connectivity index (χ2n) is 6.24. The Bertz CT molecular complexity index is 877. The number of carbonyl (C=O) groups is 1. The first-order valence-electron chi connectivity index (χ1n) is 7.87. The molecule has 2 aliphatic rings. The van der Waals surface area contributed by atoms with Gasteiger partial charge in [-0.2, -0.15) is 10.2 Å². The van der Waals surface area contributed by atoms with E-state index in [2.05, 4.69) is 10.2 Å². The highest BCUT2D eigenvalue weighted by Gasteiger charge is 2.52. The summed E-state index contributed by atoms with van der Waals surface area (Å²) < 4.78 is 0. The quantitative estimate of drug-likeness (QED) is 0.624. The molecule has 6 nitrogen and oxygen atoms in total. The fourth-order valence-corrected chi connectivity index (χ4v) is 3.77. The maximum absolute atomic E-state index is 13.2.